The molecule has 2 heterocycles. The number of carboxylic acid groups (broad SMARTS) is 1. The molecule has 0 aromatic carbocycles. The van der Waals surface area contributed by atoms with Gasteiger partial charge in [0.25, 0.3) is 0 Å². The second-order valence-corrected chi connectivity index (χ2v) is 5.33. The van der Waals surface area contributed by atoms with Crippen molar-refractivity contribution in [3.8, 4) is 0 Å². The highest BCUT2D eigenvalue weighted by molar-refractivity contribution is 5.66. The monoisotopic (exact) mass is 278 g/mol. The van der Waals surface area contributed by atoms with E-state index >= 15 is 0 Å². The maximum Gasteiger partial charge on any atom is 0.303 e. The number of aliphatic carboxylic acids is 1. The topological polar surface area (TPSA) is 78.4 Å². The Balaban J connectivity index is 1.83. The van der Waals surface area contributed by atoms with Crippen molar-refractivity contribution < 1.29 is 9.90 Å². The van der Waals surface area contributed by atoms with Crippen molar-refractivity contribution in [2.75, 3.05) is 18.0 Å². The van der Waals surface area contributed by atoms with Crippen molar-refractivity contribution in [1.29, 1.82) is 0 Å². The minimum atomic E-state index is -0.735. The second-order valence-electron chi connectivity index (χ2n) is 5.33. The summed E-state index contributed by atoms with van der Waals surface area (Å²) in [5.41, 5.74) is 0. The van der Waals surface area contributed by atoms with E-state index < -0.39 is 5.97 Å². The largest absolute Gasteiger partial charge is 0.481 e. The molecule has 0 aliphatic carbocycles. The molecule has 1 aromatic rings. The van der Waals surface area contributed by atoms with Crippen molar-refractivity contribution in [2.24, 2.45) is 0 Å². The molecular formula is C14H22N4O2. The van der Waals surface area contributed by atoms with Gasteiger partial charge in [-0.1, -0.05) is 0 Å². The van der Waals surface area contributed by atoms with Crippen LogP contribution in [0.1, 0.15) is 32.6 Å². The molecule has 0 amide bonds. The average Bonchev–Trinajstić information content (AvgIpc) is 2.46. The third-order valence-electron chi connectivity index (χ3n) is 3.57. The Morgan fingerprint density at radius 2 is 2.30 bits per heavy atom. The van der Waals surface area contributed by atoms with Crippen LogP contribution >= 0.6 is 0 Å². The van der Waals surface area contributed by atoms with E-state index in [-0.39, 0.29) is 12.5 Å². The summed E-state index contributed by atoms with van der Waals surface area (Å²) in [6.07, 6.45) is 6.60. The molecule has 20 heavy (non-hydrogen) atoms. The quantitative estimate of drug-likeness (QED) is 0.816. The molecule has 0 bridgehead atoms. The Bertz CT molecular complexity index is 426. The van der Waals surface area contributed by atoms with Gasteiger partial charge in [0.1, 0.15) is 0 Å². The molecule has 6 heteroatoms. The van der Waals surface area contributed by atoms with E-state index in [1.807, 2.05) is 13.0 Å². The fraction of sp³-hybridized carbons (Fsp3) is 0.643. The standard InChI is InChI=1S/C14H22N4O2/c1-11(5-6-13(19)20)17-12-4-2-9-18(10-12)14-15-7-3-8-16-14/h3,7-8,11-12,17H,2,4-6,9-10H2,1H3,(H,19,20). The molecule has 0 radical (unpaired) electrons. The molecule has 2 N–H and O–H groups in total. The van der Waals surface area contributed by atoms with E-state index in [0.29, 0.717) is 12.5 Å². The van der Waals surface area contributed by atoms with Crippen molar-refractivity contribution in [1.82, 2.24) is 15.3 Å². The fourth-order valence-electron chi connectivity index (χ4n) is 2.58. The maximum atomic E-state index is 10.6. The summed E-state index contributed by atoms with van der Waals surface area (Å²) in [6, 6.07) is 2.40. The van der Waals surface area contributed by atoms with Gasteiger partial charge < -0.3 is 15.3 Å². The van der Waals surface area contributed by atoms with E-state index in [2.05, 4.69) is 20.2 Å². The van der Waals surface area contributed by atoms with E-state index in [1.54, 1.807) is 12.4 Å². The van der Waals surface area contributed by atoms with Crippen LogP contribution in [0.4, 0.5) is 5.95 Å². The third kappa shape index (κ3) is 4.45. The summed E-state index contributed by atoms with van der Waals surface area (Å²) in [5.74, 6) is 0.0406. The van der Waals surface area contributed by atoms with Gasteiger partial charge in [-0.3, -0.25) is 4.79 Å². The number of hydrogen-bond acceptors (Lipinski definition) is 5. The Labute approximate surface area is 119 Å². The minimum absolute atomic E-state index is 0.215. The number of aromatic nitrogens is 2. The highest BCUT2D eigenvalue weighted by Gasteiger charge is 2.22. The number of nitrogens with zero attached hydrogens (tertiary/aromatic N) is 3. The average molecular weight is 278 g/mol. The van der Waals surface area contributed by atoms with Crippen LogP contribution in [0.3, 0.4) is 0 Å². The molecular weight excluding hydrogens is 256 g/mol. The van der Waals surface area contributed by atoms with Crippen LogP contribution < -0.4 is 10.2 Å². The minimum Gasteiger partial charge on any atom is -0.481 e. The Morgan fingerprint density at radius 1 is 1.55 bits per heavy atom. The summed E-state index contributed by atoms with van der Waals surface area (Å²) in [5, 5.41) is 12.2. The molecule has 2 unspecified atom stereocenters. The Morgan fingerprint density at radius 3 is 3.00 bits per heavy atom. The van der Waals surface area contributed by atoms with Gasteiger partial charge >= 0.3 is 5.97 Å². The molecule has 0 spiro atoms. The lowest BCUT2D eigenvalue weighted by molar-refractivity contribution is -0.137. The highest BCUT2D eigenvalue weighted by Crippen LogP contribution is 2.16. The van der Waals surface area contributed by atoms with Crippen molar-refractivity contribution >= 4 is 11.9 Å². The third-order valence-corrected chi connectivity index (χ3v) is 3.57. The lowest BCUT2D eigenvalue weighted by Crippen LogP contribution is -2.49. The first-order valence-corrected chi connectivity index (χ1v) is 7.15. The number of piperidine rings is 1. The zero-order valence-electron chi connectivity index (χ0n) is 11.8. The summed E-state index contributed by atoms with van der Waals surface area (Å²) in [4.78, 5) is 21.3. The fourth-order valence-corrected chi connectivity index (χ4v) is 2.58. The summed E-state index contributed by atoms with van der Waals surface area (Å²) in [7, 11) is 0. The first-order chi connectivity index (χ1) is 9.65. The lowest BCUT2D eigenvalue weighted by Gasteiger charge is -2.34. The molecule has 6 nitrogen and oxygen atoms in total. The van der Waals surface area contributed by atoms with E-state index in [0.717, 1.165) is 31.9 Å². The van der Waals surface area contributed by atoms with Gasteiger partial charge in [-0.15, -0.1) is 0 Å². The Kier molecular flexibility index (Phi) is 5.29. The highest BCUT2D eigenvalue weighted by atomic mass is 16.4. The molecule has 2 rings (SSSR count). The van der Waals surface area contributed by atoms with Crippen LogP contribution in [0.15, 0.2) is 18.5 Å². The van der Waals surface area contributed by atoms with Gasteiger partial charge in [-0.05, 0) is 32.3 Å². The van der Waals surface area contributed by atoms with Crippen molar-refractivity contribution in [2.45, 2.75) is 44.7 Å². The number of anilines is 1. The summed E-state index contributed by atoms with van der Waals surface area (Å²) in [6.45, 7) is 3.90. The van der Waals surface area contributed by atoms with Gasteiger partial charge in [0.2, 0.25) is 5.95 Å². The molecule has 2 atom stereocenters. The van der Waals surface area contributed by atoms with E-state index in [1.165, 1.54) is 0 Å². The number of carboxylic acids is 1. The second kappa shape index (κ2) is 7.19. The molecule has 0 saturated carbocycles. The van der Waals surface area contributed by atoms with Crippen molar-refractivity contribution in [3.05, 3.63) is 18.5 Å². The number of rotatable bonds is 6. The van der Waals surface area contributed by atoms with Crippen LogP contribution in [0.25, 0.3) is 0 Å². The predicted octanol–water partition coefficient (Wildman–Crippen LogP) is 1.29. The van der Waals surface area contributed by atoms with Gasteiger partial charge in [0, 0.05) is 44.0 Å². The number of carbonyl (C=O) groups is 1. The van der Waals surface area contributed by atoms with E-state index in [4.69, 9.17) is 5.11 Å². The Hall–Kier alpha value is -1.69. The van der Waals surface area contributed by atoms with E-state index in [9.17, 15) is 4.79 Å². The van der Waals surface area contributed by atoms with Crippen LogP contribution in [-0.4, -0.2) is 46.2 Å². The molecule has 1 aromatic heterocycles. The summed E-state index contributed by atoms with van der Waals surface area (Å²) < 4.78 is 0. The van der Waals surface area contributed by atoms with Gasteiger partial charge in [0.05, 0.1) is 0 Å². The predicted molar refractivity (Wildman–Crippen MR) is 76.7 cm³/mol. The number of nitrogens with one attached hydrogen (secondary N) is 1. The first kappa shape index (κ1) is 14.7. The van der Waals surface area contributed by atoms with Gasteiger partial charge in [-0.2, -0.15) is 0 Å². The van der Waals surface area contributed by atoms with Crippen LogP contribution in [0.5, 0.6) is 0 Å². The zero-order valence-corrected chi connectivity index (χ0v) is 11.8. The zero-order chi connectivity index (χ0) is 14.4. The molecule has 1 fully saturated rings. The maximum absolute atomic E-state index is 10.6. The molecule has 1 aliphatic heterocycles. The summed E-state index contributed by atoms with van der Waals surface area (Å²) >= 11 is 0. The van der Waals surface area contributed by atoms with Crippen LogP contribution in [0.2, 0.25) is 0 Å². The van der Waals surface area contributed by atoms with Crippen LogP contribution in [-0.2, 0) is 4.79 Å². The molecule has 110 valence electrons. The molecule has 1 saturated heterocycles. The van der Waals surface area contributed by atoms with Crippen molar-refractivity contribution in [3.63, 3.8) is 0 Å². The lowest BCUT2D eigenvalue weighted by atomic mass is 10.0. The number of hydrogen-bond donors (Lipinski definition) is 2. The van der Waals surface area contributed by atoms with Gasteiger partial charge in [-0.25, -0.2) is 9.97 Å². The van der Waals surface area contributed by atoms with Gasteiger partial charge in [0.15, 0.2) is 0 Å². The smallest absolute Gasteiger partial charge is 0.303 e. The molecule has 1 aliphatic rings. The van der Waals surface area contributed by atoms with Crippen LogP contribution in [0, 0.1) is 0 Å². The normalized spacial score (nSPS) is 20.6. The first-order valence-electron chi connectivity index (χ1n) is 7.15. The SMILES string of the molecule is CC(CCC(=O)O)NC1CCCN(c2ncccn2)C1.